The molecule has 0 aliphatic heterocycles. The van der Waals surface area contributed by atoms with E-state index in [4.69, 9.17) is 15.0 Å². The van der Waals surface area contributed by atoms with E-state index in [1.807, 2.05) is 35.6 Å². The van der Waals surface area contributed by atoms with Crippen LogP contribution in [-0.2, 0) is 0 Å². The van der Waals surface area contributed by atoms with Crippen molar-refractivity contribution < 1.29 is 0 Å². The van der Waals surface area contributed by atoms with Crippen LogP contribution in [0.3, 0.4) is 0 Å². The molecular weight excluding hydrogens is 639 g/mol. The number of rotatable bonds is 5. The Morgan fingerprint density at radius 3 is 1.57 bits per heavy atom. The van der Waals surface area contributed by atoms with Gasteiger partial charge >= 0.3 is 0 Å². The monoisotopic (exact) mass is 667 g/mol. The normalized spacial score (nSPS) is 11.5. The fourth-order valence-electron chi connectivity index (χ4n) is 7.26. The summed E-state index contributed by atoms with van der Waals surface area (Å²) in [5.74, 6) is 1.96. The van der Waals surface area contributed by atoms with Gasteiger partial charge in [-0.15, -0.1) is 11.3 Å². The van der Waals surface area contributed by atoms with Crippen molar-refractivity contribution in [3.05, 3.63) is 176 Å². The molecule has 0 aliphatic carbocycles. The van der Waals surface area contributed by atoms with Crippen LogP contribution in [0.1, 0.15) is 0 Å². The molecule has 10 aromatic rings. The fourth-order valence-corrected chi connectivity index (χ4v) is 8.69. The molecule has 0 radical (unpaired) electrons. The molecule has 0 amide bonds. The number of hydrogen-bond donors (Lipinski definition) is 0. The number of aromatic nitrogens is 3. The average Bonchev–Trinajstić information content (AvgIpc) is 3.61. The van der Waals surface area contributed by atoms with Gasteiger partial charge in [-0.3, -0.25) is 0 Å². The summed E-state index contributed by atoms with van der Waals surface area (Å²) in [4.78, 5) is 15.6. The van der Waals surface area contributed by atoms with Crippen molar-refractivity contribution >= 4 is 53.1 Å². The molecule has 0 fully saturated rings. The van der Waals surface area contributed by atoms with E-state index < -0.39 is 0 Å². The molecule has 51 heavy (non-hydrogen) atoms. The van der Waals surface area contributed by atoms with Crippen LogP contribution in [0.5, 0.6) is 0 Å². The lowest BCUT2D eigenvalue weighted by Gasteiger charge is -2.12. The highest BCUT2D eigenvalue weighted by Crippen LogP contribution is 2.48. The van der Waals surface area contributed by atoms with E-state index in [9.17, 15) is 0 Å². The first kappa shape index (κ1) is 29.4. The van der Waals surface area contributed by atoms with E-state index in [0.29, 0.717) is 17.5 Å². The smallest absolute Gasteiger partial charge is 0.164 e. The van der Waals surface area contributed by atoms with E-state index in [-0.39, 0.29) is 0 Å². The molecule has 0 N–H and O–H groups in total. The summed E-state index contributed by atoms with van der Waals surface area (Å²) in [6.07, 6.45) is 0. The molecule has 0 atom stereocenters. The van der Waals surface area contributed by atoms with Crippen LogP contribution in [0.2, 0.25) is 0 Å². The van der Waals surface area contributed by atoms with Crippen molar-refractivity contribution in [2.24, 2.45) is 0 Å². The van der Waals surface area contributed by atoms with Crippen LogP contribution in [0.4, 0.5) is 0 Å². The Bertz CT molecular complexity index is 2880. The molecule has 4 heteroatoms. The summed E-state index contributed by atoms with van der Waals surface area (Å²) in [6.45, 7) is 0. The van der Waals surface area contributed by atoms with Crippen molar-refractivity contribution in [3.63, 3.8) is 0 Å². The first-order valence-electron chi connectivity index (χ1n) is 17.1. The molecular formula is C47H29N3S. The Morgan fingerprint density at radius 2 is 0.843 bits per heavy atom. The number of benzene rings is 8. The Morgan fingerprint density at radius 1 is 0.314 bits per heavy atom. The summed E-state index contributed by atoms with van der Waals surface area (Å²) >= 11 is 1.87. The molecule has 10 rings (SSSR count). The van der Waals surface area contributed by atoms with E-state index in [1.54, 1.807) is 0 Å². The lowest BCUT2D eigenvalue weighted by molar-refractivity contribution is 1.08. The zero-order valence-electron chi connectivity index (χ0n) is 27.5. The summed E-state index contributed by atoms with van der Waals surface area (Å²) in [5.41, 5.74) is 7.67. The number of thiophene rings is 1. The summed E-state index contributed by atoms with van der Waals surface area (Å²) < 4.78 is 2.50. The van der Waals surface area contributed by atoms with E-state index >= 15 is 0 Å². The largest absolute Gasteiger partial charge is 0.208 e. The van der Waals surface area contributed by atoms with Crippen molar-refractivity contribution in [3.8, 4) is 56.4 Å². The Hall–Kier alpha value is -6.49. The second-order valence-electron chi connectivity index (χ2n) is 12.8. The van der Waals surface area contributed by atoms with Crippen molar-refractivity contribution in [2.75, 3.05) is 0 Å². The molecule has 238 valence electrons. The second kappa shape index (κ2) is 12.1. The van der Waals surface area contributed by atoms with Gasteiger partial charge < -0.3 is 0 Å². The highest BCUT2D eigenvalue weighted by atomic mass is 32.1. The third-order valence-electron chi connectivity index (χ3n) is 9.72. The van der Waals surface area contributed by atoms with Gasteiger partial charge in [0.05, 0.1) is 0 Å². The van der Waals surface area contributed by atoms with Crippen LogP contribution in [-0.4, -0.2) is 15.0 Å². The standard InChI is InChI=1S/C47H29N3S/c1-4-13-30(14-5-1)31-23-26-35(27-24-31)46-48-45(34-18-8-3-9-19-34)49-47(50-46)40-29-36-28-25-33-17-10-11-20-37(33)41(36)44-42(40)39-22-12-21-38(43(39)51-44)32-15-6-2-7-16-32/h1-29H. The summed E-state index contributed by atoms with van der Waals surface area (Å²) in [6, 6.07) is 62.0. The molecule has 0 bridgehead atoms. The zero-order valence-corrected chi connectivity index (χ0v) is 28.3. The maximum absolute atomic E-state index is 5.27. The van der Waals surface area contributed by atoms with Crippen molar-refractivity contribution in [2.45, 2.75) is 0 Å². The molecule has 2 heterocycles. The van der Waals surface area contributed by atoms with Crippen LogP contribution in [0.25, 0.3) is 98.1 Å². The van der Waals surface area contributed by atoms with Crippen LogP contribution < -0.4 is 0 Å². The number of nitrogens with zero attached hydrogens (tertiary/aromatic N) is 3. The molecule has 0 saturated heterocycles. The van der Waals surface area contributed by atoms with E-state index in [0.717, 1.165) is 22.3 Å². The second-order valence-corrected chi connectivity index (χ2v) is 13.8. The molecule has 8 aromatic carbocycles. The Kier molecular flexibility index (Phi) is 7.00. The van der Waals surface area contributed by atoms with Gasteiger partial charge in [0.15, 0.2) is 17.5 Å². The SMILES string of the molecule is c1ccc(-c2ccc(-c3nc(-c4ccccc4)nc(-c4cc5ccc6ccccc6c5c5sc6c(-c7ccccc7)cccc6c45)n3)cc2)cc1. The number of fused-ring (bicyclic) bond motifs is 7. The van der Waals surface area contributed by atoms with E-state index in [1.165, 1.54) is 58.4 Å². The minimum absolute atomic E-state index is 0.648. The Balaban J connectivity index is 1.27. The van der Waals surface area contributed by atoms with Gasteiger partial charge in [-0.05, 0) is 44.5 Å². The first-order valence-corrected chi connectivity index (χ1v) is 17.9. The average molecular weight is 668 g/mol. The molecule has 3 nitrogen and oxygen atoms in total. The maximum atomic E-state index is 5.27. The number of hydrogen-bond acceptors (Lipinski definition) is 4. The summed E-state index contributed by atoms with van der Waals surface area (Å²) in [7, 11) is 0. The predicted molar refractivity (Wildman–Crippen MR) is 215 cm³/mol. The minimum Gasteiger partial charge on any atom is -0.208 e. The quantitative estimate of drug-likeness (QED) is 0.171. The third-order valence-corrected chi connectivity index (χ3v) is 11.0. The molecule has 2 aromatic heterocycles. The van der Waals surface area contributed by atoms with Gasteiger partial charge in [0.1, 0.15) is 0 Å². The maximum Gasteiger partial charge on any atom is 0.164 e. The fraction of sp³-hybridized carbons (Fsp3) is 0. The van der Waals surface area contributed by atoms with Crippen LogP contribution in [0, 0.1) is 0 Å². The van der Waals surface area contributed by atoms with Crippen molar-refractivity contribution in [1.82, 2.24) is 15.0 Å². The van der Waals surface area contributed by atoms with Gasteiger partial charge in [0.2, 0.25) is 0 Å². The van der Waals surface area contributed by atoms with Gasteiger partial charge in [-0.1, -0.05) is 170 Å². The third kappa shape index (κ3) is 5.08. The van der Waals surface area contributed by atoms with Gasteiger partial charge in [-0.25, -0.2) is 15.0 Å². The lowest BCUT2D eigenvalue weighted by atomic mass is 9.95. The molecule has 0 spiro atoms. The minimum atomic E-state index is 0.648. The summed E-state index contributed by atoms with van der Waals surface area (Å²) in [5, 5.41) is 7.29. The van der Waals surface area contributed by atoms with Gasteiger partial charge in [0, 0.05) is 42.2 Å². The lowest BCUT2D eigenvalue weighted by Crippen LogP contribution is -2.00. The molecule has 0 aliphatic rings. The topological polar surface area (TPSA) is 38.7 Å². The Labute approximate surface area is 299 Å². The van der Waals surface area contributed by atoms with Crippen LogP contribution in [0.15, 0.2) is 176 Å². The highest BCUT2D eigenvalue weighted by Gasteiger charge is 2.21. The highest BCUT2D eigenvalue weighted by molar-refractivity contribution is 7.27. The van der Waals surface area contributed by atoms with Gasteiger partial charge in [-0.2, -0.15) is 0 Å². The van der Waals surface area contributed by atoms with Crippen LogP contribution >= 0.6 is 11.3 Å². The molecule has 0 saturated carbocycles. The van der Waals surface area contributed by atoms with Gasteiger partial charge in [0.25, 0.3) is 0 Å². The van der Waals surface area contributed by atoms with E-state index in [2.05, 4.69) is 152 Å². The molecule has 0 unspecified atom stereocenters. The predicted octanol–water partition coefficient (Wildman–Crippen LogP) is 12.9. The first-order chi connectivity index (χ1) is 25.3. The zero-order chi connectivity index (χ0) is 33.7. The van der Waals surface area contributed by atoms with Crippen molar-refractivity contribution in [1.29, 1.82) is 0 Å².